The van der Waals surface area contributed by atoms with Crippen LogP contribution in [0.1, 0.15) is 10.4 Å². The van der Waals surface area contributed by atoms with E-state index >= 15 is 0 Å². The second-order valence-electron chi connectivity index (χ2n) is 3.37. The minimum atomic E-state index is -1.04. The van der Waals surface area contributed by atoms with Crippen molar-refractivity contribution in [1.29, 1.82) is 0 Å². The summed E-state index contributed by atoms with van der Waals surface area (Å²) in [6, 6.07) is 9.09. The first-order chi connectivity index (χ1) is 8.56. The molecule has 0 amide bonds. The molecule has 6 heteroatoms. The maximum Gasteiger partial charge on any atom is 0.337 e. The van der Waals surface area contributed by atoms with Gasteiger partial charge >= 0.3 is 5.97 Å². The third kappa shape index (κ3) is 3.25. The first-order valence-corrected chi connectivity index (χ1v) is 6.87. The fraction of sp³-hybridized carbons (Fsp3) is 0. The highest BCUT2D eigenvalue weighted by atomic mass is 79.9. The normalized spacial score (nSPS) is 10.3. The van der Waals surface area contributed by atoms with E-state index in [1.165, 1.54) is 24.0 Å². The molecule has 0 aliphatic rings. The molecule has 0 aliphatic heterocycles. The maximum atomic E-state index is 10.7. The topological polar surface area (TPSA) is 50.2 Å². The molecule has 0 bridgehead atoms. The largest absolute Gasteiger partial charge is 0.478 e. The summed E-state index contributed by atoms with van der Waals surface area (Å²) in [7, 11) is 0. The molecule has 1 aromatic heterocycles. The molecule has 2 rings (SSSR count). The molecule has 0 saturated carbocycles. The molecular formula is C12H7BrClNO2S. The van der Waals surface area contributed by atoms with E-state index in [1.807, 2.05) is 24.3 Å². The van der Waals surface area contributed by atoms with Crippen LogP contribution in [0.3, 0.4) is 0 Å². The van der Waals surface area contributed by atoms with Gasteiger partial charge in [0, 0.05) is 15.6 Å². The molecule has 2 aromatic rings. The predicted molar refractivity (Wildman–Crippen MR) is 74.5 cm³/mol. The van der Waals surface area contributed by atoms with E-state index in [9.17, 15) is 4.79 Å². The van der Waals surface area contributed by atoms with Crippen LogP contribution in [-0.2, 0) is 0 Å². The van der Waals surface area contributed by atoms with Gasteiger partial charge in [-0.15, -0.1) is 0 Å². The molecule has 0 unspecified atom stereocenters. The molecule has 1 aromatic carbocycles. The van der Waals surface area contributed by atoms with E-state index in [0.29, 0.717) is 10.0 Å². The standard InChI is InChI=1S/C12H7BrClNO2S/c13-8-1-3-9(4-2-8)18-11-10(14)5-7(6-15-11)12(16)17/h1-6H,(H,16,17). The third-order valence-electron chi connectivity index (χ3n) is 2.08. The lowest BCUT2D eigenvalue weighted by Gasteiger charge is -2.04. The Labute approximate surface area is 121 Å². The van der Waals surface area contributed by atoms with E-state index in [-0.39, 0.29) is 5.56 Å². The van der Waals surface area contributed by atoms with Crippen molar-refractivity contribution in [3.05, 3.63) is 51.6 Å². The SMILES string of the molecule is O=C(O)c1cnc(Sc2ccc(Br)cc2)c(Cl)c1. The van der Waals surface area contributed by atoms with E-state index in [4.69, 9.17) is 16.7 Å². The van der Waals surface area contributed by atoms with Crippen LogP contribution in [0.5, 0.6) is 0 Å². The number of carboxylic acid groups (broad SMARTS) is 1. The minimum absolute atomic E-state index is 0.0835. The van der Waals surface area contributed by atoms with Gasteiger partial charge < -0.3 is 5.11 Å². The summed E-state index contributed by atoms with van der Waals surface area (Å²) in [6.45, 7) is 0. The van der Waals surface area contributed by atoms with Crippen LogP contribution in [-0.4, -0.2) is 16.1 Å². The Kier molecular flexibility index (Phi) is 4.27. The summed E-state index contributed by atoms with van der Waals surface area (Å²) >= 11 is 10.7. The van der Waals surface area contributed by atoms with E-state index in [2.05, 4.69) is 20.9 Å². The van der Waals surface area contributed by atoms with Gasteiger partial charge in [0.1, 0.15) is 5.03 Å². The number of pyridine rings is 1. The average molecular weight is 345 g/mol. The molecule has 1 heterocycles. The van der Waals surface area contributed by atoms with Crippen LogP contribution in [0.4, 0.5) is 0 Å². The fourth-order valence-corrected chi connectivity index (χ4v) is 2.54. The lowest BCUT2D eigenvalue weighted by molar-refractivity contribution is 0.0696. The summed E-state index contributed by atoms with van der Waals surface area (Å²) < 4.78 is 0.993. The first-order valence-electron chi connectivity index (χ1n) is 4.88. The Bertz CT molecular complexity index is 589. The Morgan fingerprint density at radius 3 is 2.56 bits per heavy atom. The van der Waals surface area contributed by atoms with Gasteiger partial charge in [-0.2, -0.15) is 0 Å². The number of nitrogens with zero attached hydrogens (tertiary/aromatic N) is 1. The summed E-state index contributed by atoms with van der Waals surface area (Å²) in [5.74, 6) is -1.04. The van der Waals surface area contributed by atoms with Crippen LogP contribution in [0, 0.1) is 0 Å². The van der Waals surface area contributed by atoms with Gasteiger partial charge in [0.25, 0.3) is 0 Å². The van der Waals surface area contributed by atoms with Gasteiger partial charge in [0.2, 0.25) is 0 Å². The number of carbonyl (C=O) groups is 1. The Balaban J connectivity index is 2.24. The fourth-order valence-electron chi connectivity index (χ4n) is 1.23. The van der Waals surface area contributed by atoms with Crippen LogP contribution in [0.15, 0.2) is 50.9 Å². The molecular weight excluding hydrogens is 338 g/mol. The van der Waals surface area contributed by atoms with E-state index in [0.717, 1.165) is 9.37 Å². The van der Waals surface area contributed by atoms with Crippen molar-refractivity contribution in [2.45, 2.75) is 9.92 Å². The molecule has 92 valence electrons. The van der Waals surface area contributed by atoms with Crippen molar-refractivity contribution in [2.75, 3.05) is 0 Å². The number of benzene rings is 1. The quantitative estimate of drug-likeness (QED) is 0.899. The average Bonchev–Trinajstić information content (AvgIpc) is 2.34. The van der Waals surface area contributed by atoms with Crippen molar-refractivity contribution in [1.82, 2.24) is 4.98 Å². The molecule has 0 fully saturated rings. The van der Waals surface area contributed by atoms with Gasteiger partial charge in [-0.25, -0.2) is 9.78 Å². The van der Waals surface area contributed by atoms with Crippen LogP contribution < -0.4 is 0 Å². The molecule has 0 radical (unpaired) electrons. The number of carboxylic acids is 1. The zero-order valence-corrected chi connectivity index (χ0v) is 12.1. The van der Waals surface area contributed by atoms with Crippen LogP contribution in [0.2, 0.25) is 5.02 Å². The van der Waals surface area contributed by atoms with Gasteiger partial charge in [0.15, 0.2) is 0 Å². The monoisotopic (exact) mass is 343 g/mol. The zero-order chi connectivity index (χ0) is 13.1. The van der Waals surface area contributed by atoms with Crippen molar-refractivity contribution < 1.29 is 9.90 Å². The zero-order valence-electron chi connectivity index (χ0n) is 8.93. The second kappa shape index (κ2) is 5.73. The lowest BCUT2D eigenvalue weighted by atomic mass is 10.3. The maximum absolute atomic E-state index is 10.7. The lowest BCUT2D eigenvalue weighted by Crippen LogP contribution is -1.97. The van der Waals surface area contributed by atoms with E-state index < -0.39 is 5.97 Å². The molecule has 18 heavy (non-hydrogen) atoms. The summed E-state index contributed by atoms with van der Waals surface area (Å²) in [6.07, 6.45) is 1.30. The molecule has 0 aliphatic carbocycles. The Hall–Kier alpha value is -1.04. The van der Waals surface area contributed by atoms with Crippen molar-refractivity contribution in [3.8, 4) is 0 Å². The van der Waals surface area contributed by atoms with E-state index in [1.54, 1.807) is 0 Å². The first kappa shape index (κ1) is 13.4. The molecule has 1 N–H and O–H groups in total. The van der Waals surface area contributed by atoms with Gasteiger partial charge in [-0.3, -0.25) is 0 Å². The van der Waals surface area contributed by atoms with Gasteiger partial charge in [-0.05, 0) is 30.3 Å². The molecule has 0 saturated heterocycles. The summed E-state index contributed by atoms with van der Waals surface area (Å²) in [5.41, 5.74) is 0.0835. The van der Waals surface area contributed by atoms with Crippen molar-refractivity contribution in [2.24, 2.45) is 0 Å². The summed E-state index contributed by atoms with van der Waals surface area (Å²) in [5, 5.41) is 9.73. The highest BCUT2D eigenvalue weighted by Crippen LogP contribution is 2.32. The number of hydrogen-bond donors (Lipinski definition) is 1. The van der Waals surface area contributed by atoms with Gasteiger partial charge in [0.05, 0.1) is 10.6 Å². The smallest absolute Gasteiger partial charge is 0.337 e. The number of rotatable bonds is 3. The minimum Gasteiger partial charge on any atom is -0.478 e. The summed E-state index contributed by atoms with van der Waals surface area (Å²) in [4.78, 5) is 15.8. The highest BCUT2D eigenvalue weighted by molar-refractivity contribution is 9.10. The van der Waals surface area contributed by atoms with Crippen LogP contribution >= 0.6 is 39.3 Å². The van der Waals surface area contributed by atoms with Crippen molar-refractivity contribution in [3.63, 3.8) is 0 Å². The Morgan fingerprint density at radius 2 is 2.00 bits per heavy atom. The van der Waals surface area contributed by atoms with Gasteiger partial charge in [-0.1, -0.05) is 39.3 Å². The Morgan fingerprint density at radius 1 is 1.33 bits per heavy atom. The van der Waals surface area contributed by atoms with Crippen molar-refractivity contribution >= 4 is 45.3 Å². The number of aromatic nitrogens is 1. The third-order valence-corrected chi connectivity index (χ3v) is 4.04. The second-order valence-corrected chi connectivity index (χ2v) is 5.76. The predicted octanol–water partition coefficient (Wildman–Crippen LogP) is 4.35. The molecule has 0 spiro atoms. The van der Waals surface area contributed by atoms with Crippen LogP contribution in [0.25, 0.3) is 0 Å². The number of halogens is 2. The molecule has 0 atom stereocenters. The molecule has 3 nitrogen and oxygen atoms in total. The highest BCUT2D eigenvalue weighted by Gasteiger charge is 2.09. The number of aromatic carboxylic acids is 1. The number of hydrogen-bond acceptors (Lipinski definition) is 3.